The normalized spacial score (nSPS) is 12.9. The van der Waals surface area contributed by atoms with Crippen molar-refractivity contribution in [1.29, 1.82) is 0 Å². The van der Waals surface area contributed by atoms with Gasteiger partial charge in [0.2, 0.25) is 5.91 Å². The molecule has 1 unspecified atom stereocenters. The van der Waals surface area contributed by atoms with E-state index in [1.54, 1.807) is 0 Å². The van der Waals surface area contributed by atoms with Gasteiger partial charge in [-0.2, -0.15) is 0 Å². The summed E-state index contributed by atoms with van der Waals surface area (Å²) in [4.78, 5) is 11.2. The molecule has 0 aliphatic heterocycles. The van der Waals surface area contributed by atoms with Gasteiger partial charge < -0.3 is 15.8 Å². The number of amides is 1. The molecule has 4 nitrogen and oxygen atoms in total. The summed E-state index contributed by atoms with van der Waals surface area (Å²) >= 11 is 0. The van der Waals surface area contributed by atoms with Crippen LogP contribution in [0, 0.1) is 0 Å². The molecular weight excluding hydrogens is 206 g/mol. The molecule has 90 valence electrons. The third-order valence-electron chi connectivity index (χ3n) is 1.72. The summed E-state index contributed by atoms with van der Waals surface area (Å²) < 4.78 is 27.8. The summed E-state index contributed by atoms with van der Waals surface area (Å²) in [6, 6.07) is 0.0117. The molecule has 6 heteroatoms. The van der Waals surface area contributed by atoms with Gasteiger partial charge in [-0.1, -0.05) is 0 Å². The number of ether oxygens (including phenoxy) is 1. The second-order valence-electron chi connectivity index (χ2n) is 3.26. The first-order valence-electron chi connectivity index (χ1n) is 4.91. The van der Waals surface area contributed by atoms with E-state index in [1.807, 2.05) is 6.92 Å². The number of carbonyl (C=O) groups is 1. The first-order chi connectivity index (χ1) is 7.06. The summed E-state index contributed by atoms with van der Waals surface area (Å²) in [5, 5.41) is 2.68. The predicted molar refractivity (Wildman–Crippen MR) is 52.7 cm³/mol. The molecule has 15 heavy (non-hydrogen) atoms. The average Bonchev–Trinajstić information content (AvgIpc) is 2.12. The lowest BCUT2D eigenvalue weighted by Crippen LogP contribution is -2.34. The Kier molecular flexibility index (Phi) is 8.12. The van der Waals surface area contributed by atoms with Crippen molar-refractivity contribution in [2.75, 3.05) is 19.8 Å². The number of hydrogen-bond acceptors (Lipinski definition) is 3. The Balaban J connectivity index is 3.40. The Morgan fingerprint density at radius 1 is 1.53 bits per heavy atom. The molecule has 1 atom stereocenters. The minimum Gasteiger partial charge on any atom is -0.375 e. The third kappa shape index (κ3) is 9.55. The highest BCUT2D eigenvalue weighted by Gasteiger charge is 2.07. The largest absolute Gasteiger partial charge is 0.375 e. The molecule has 0 aromatic carbocycles. The Morgan fingerprint density at radius 2 is 2.20 bits per heavy atom. The summed E-state index contributed by atoms with van der Waals surface area (Å²) in [6.07, 6.45) is -1.69. The Labute approximate surface area is 88.2 Å². The Morgan fingerprint density at radius 3 is 2.73 bits per heavy atom. The topological polar surface area (TPSA) is 64.3 Å². The van der Waals surface area contributed by atoms with Crippen LogP contribution < -0.4 is 11.1 Å². The van der Waals surface area contributed by atoms with Crippen LogP contribution in [-0.2, 0) is 9.53 Å². The number of nitrogens with two attached hydrogens (primary N) is 1. The van der Waals surface area contributed by atoms with Gasteiger partial charge in [0.1, 0.15) is 6.61 Å². The highest BCUT2D eigenvalue weighted by atomic mass is 19.3. The van der Waals surface area contributed by atoms with Gasteiger partial charge in [-0.15, -0.1) is 0 Å². The van der Waals surface area contributed by atoms with Crippen molar-refractivity contribution in [2.45, 2.75) is 32.2 Å². The van der Waals surface area contributed by atoms with E-state index < -0.39 is 13.0 Å². The summed E-state index contributed by atoms with van der Waals surface area (Å²) in [7, 11) is 0. The van der Waals surface area contributed by atoms with Crippen molar-refractivity contribution in [3.8, 4) is 0 Å². The van der Waals surface area contributed by atoms with Gasteiger partial charge in [0.15, 0.2) is 0 Å². The van der Waals surface area contributed by atoms with Crippen LogP contribution in [0.1, 0.15) is 19.8 Å². The van der Waals surface area contributed by atoms with E-state index in [1.165, 1.54) is 0 Å². The monoisotopic (exact) mass is 224 g/mol. The highest BCUT2D eigenvalue weighted by molar-refractivity contribution is 5.76. The first kappa shape index (κ1) is 14.2. The van der Waals surface area contributed by atoms with Crippen LogP contribution in [0.5, 0.6) is 0 Å². The summed E-state index contributed by atoms with van der Waals surface area (Å²) in [5.74, 6) is -0.204. The second kappa shape index (κ2) is 8.55. The smallest absolute Gasteiger partial charge is 0.261 e. The Bertz CT molecular complexity index is 179. The lowest BCUT2D eigenvalue weighted by atomic mass is 10.2. The molecule has 0 radical (unpaired) electrons. The summed E-state index contributed by atoms with van der Waals surface area (Å²) in [6.45, 7) is 1.74. The molecule has 0 fully saturated rings. The maximum absolute atomic E-state index is 11.6. The van der Waals surface area contributed by atoms with E-state index in [0.29, 0.717) is 13.0 Å². The molecule has 0 aromatic rings. The number of nitrogens with one attached hydrogen (secondary N) is 1. The molecule has 0 aliphatic rings. The van der Waals surface area contributed by atoms with Gasteiger partial charge in [0.25, 0.3) is 6.43 Å². The van der Waals surface area contributed by atoms with E-state index in [2.05, 4.69) is 10.1 Å². The van der Waals surface area contributed by atoms with Crippen LogP contribution in [0.4, 0.5) is 8.78 Å². The Hall–Kier alpha value is -0.750. The zero-order valence-corrected chi connectivity index (χ0v) is 8.84. The minimum absolute atomic E-state index is 0.0117. The summed E-state index contributed by atoms with van der Waals surface area (Å²) in [5.41, 5.74) is 5.30. The molecule has 0 bridgehead atoms. The molecule has 0 aromatic heterocycles. The SMILES string of the molecule is CC(CCN)NC(=O)CCOCC(F)F. The number of carbonyl (C=O) groups excluding carboxylic acids is 1. The van der Waals surface area contributed by atoms with Gasteiger partial charge in [-0.05, 0) is 19.9 Å². The third-order valence-corrected chi connectivity index (χ3v) is 1.72. The van der Waals surface area contributed by atoms with Gasteiger partial charge in [-0.3, -0.25) is 4.79 Å². The fourth-order valence-electron chi connectivity index (χ4n) is 1.01. The van der Waals surface area contributed by atoms with Crippen LogP contribution in [0.15, 0.2) is 0 Å². The van der Waals surface area contributed by atoms with Crippen molar-refractivity contribution in [3.05, 3.63) is 0 Å². The van der Waals surface area contributed by atoms with Crippen molar-refractivity contribution >= 4 is 5.91 Å². The van der Waals surface area contributed by atoms with Gasteiger partial charge >= 0.3 is 0 Å². The fourth-order valence-corrected chi connectivity index (χ4v) is 1.01. The van der Waals surface area contributed by atoms with Gasteiger partial charge in [0, 0.05) is 12.5 Å². The van der Waals surface area contributed by atoms with Crippen molar-refractivity contribution in [2.24, 2.45) is 5.73 Å². The number of hydrogen-bond donors (Lipinski definition) is 2. The lowest BCUT2D eigenvalue weighted by molar-refractivity contribution is -0.123. The van der Waals surface area contributed by atoms with Gasteiger partial charge in [0.05, 0.1) is 6.61 Å². The zero-order valence-electron chi connectivity index (χ0n) is 8.84. The number of halogens is 2. The maximum Gasteiger partial charge on any atom is 0.261 e. The molecule has 0 saturated heterocycles. The van der Waals surface area contributed by atoms with Crippen molar-refractivity contribution in [3.63, 3.8) is 0 Å². The first-order valence-corrected chi connectivity index (χ1v) is 4.91. The van der Waals surface area contributed by atoms with E-state index in [-0.39, 0.29) is 25.0 Å². The van der Waals surface area contributed by atoms with Crippen LogP contribution in [-0.4, -0.2) is 38.1 Å². The van der Waals surface area contributed by atoms with Crippen molar-refractivity contribution in [1.82, 2.24) is 5.32 Å². The van der Waals surface area contributed by atoms with Crippen LogP contribution in [0.25, 0.3) is 0 Å². The van der Waals surface area contributed by atoms with E-state index in [9.17, 15) is 13.6 Å². The number of alkyl halides is 2. The fraction of sp³-hybridized carbons (Fsp3) is 0.889. The van der Waals surface area contributed by atoms with Crippen molar-refractivity contribution < 1.29 is 18.3 Å². The standard InChI is InChI=1S/C9H18F2N2O2/c1-7(2-4-12)13-9(14)3-5-15-6-8(10)11/h7-8H,2-6,12H2,1H3,(H,13,14). The van der Waals surface area contributed by atoms with E-state index >= 15 is 0 Å². The zero-order chi connectivity index (χ0) is 11.7. The van der Waals surface area contributed by atoms with Gasteiger partial charge in [-0.25, -0.2) is 8.78 Å². The molecule has 1 amide bonds. The average molecular weight is 224 g/mol. The predicted octanol–water partition coefficient (Wildman–Crippen LogP) is 0.512. The van der Waals surface area contributed by atoms with E-state index in [4.69, 9.17) is 5.73 Å². The minimum atomic E-state index is -2.48. The molecular formula is C9H18F2N2O2. The molecule has 3 N–H and O–H groups in total. The molecule has 0 heterocycles. The molecule has 0 saturated carbocycles. The molecule has 0 rings (SSSR count). The second-order valence-corrected chi connectivity index (χ2v) is 3.26. The quantitative estimate of drug-likeness (QED) is 0.590. The highest BCUT2D eigenvalue weighted by Crippen LogP contribution is 1.94. The number of rotatable bonds is 8. The molecule has 0 aliphatic carbocycles. The van der Waals surface area contributed by atoms with Crippen LogP contribution >= 0.6 is 0 Å². The van der Waals surface area contributed by atoms with Crippen LogP contribution in [0.2, 0.25) is 0 Å². The van der Waals surface area contributed by atoms with Crippen LogP contribution in [0.3, 0.4) is 0 Å². The van der Waals surface area contributed by atoms with E-state index in [0.717, 1.165) is 0 Å². The lowest BCUT2D eigenvalue weighted by Gasteiger charge is -2.12. The maximum atomic E-state index is 11.6. The molecule has 0 spiro atoms.